The van der Waals surface area contributed by atoms with Crippen molar-refractivity contribution in [3.05, 3.63) is 59.2 Å². The highest BCUT2D eigenvalue weighted by Gasteiger charge is 2.55. The van der Waals surface area contributed by atoms with Gasteiger partial charge in [0.1, 0.15) is 11.5 Å². The van der Waals surface area contributed by atoms with Crippen molar-refractivity contribution in [1.82, 2.24) is 25.2 Å². The molecule has 1 N–H and O–H groups in total. The standard InChI is InChI=1S/C22H23F4N5O3.H2/c1-2-5-21-12-31(9-18(21)34-11-17-19(21)28-29-27-17)20(32)30-7-15(8-30)33-10-13-3-4-14(6-16(13)23)22(24,25)26;/h2-4,6,15,18H,1,5,7-12H2,(H,27,28,29);1H/t18-,21+;/m1./s1. The fourth-order valence-corrected chi connectivity index (χ4v) is 4.90. The van der Waals surface area contributed by atoms with Gasteiger partial charge in [0.25, 0.3) is 0 Å². The van der Waals surface area contributed by atoms with Crippen LogP contribution in [0, 0.1) is 5.82 Å². The number of nitrogens with one attached hydrogen (secondary N) is 1. The highest BCUT2D eigenvalue weighted by molar-refractivity contribution is 5.76. The number of likely N-dealkylation sites (tertiary alicyclic amines) is 2. The molecule has 3 aliphatic rings. The minimum absolute atomic E-state index is 0. The summed E-state index contributed by atoms with van der Waals surface area (Å²) in [6.07, 6.45) is -2.76. The van der Waals surface area contributed by atoms with Crippen LogP contribution in [-0.4, -0.2) is 69.6 Å². The molecule has 3 aliphatic heterocycles. The Morgan fingerprint density at radius 1 is 1.32 bits per heavy atom. The number of rotatable bonds is 5. The summed E-state index contributed by atoms with van der Waals surface area (Å²) in [5.74, 6) is -0.971. The molecule has 12 heteroatoms. The van der Waals surface area contributed by atoms with E-state index in [4.69, 9.17) is 9.47 Å². The van der Waals surface area contributed by atoms with Crippen LogP contribution in [0.15, 0.2) is 30.9 Å². The van der Waals surface area contributed by atoms with Crippen molar-refractivity contribution in [3.8, 4) is 0 Å². The Balaban J connectivity index is 0.00000289. The molecule has 2 amide bonds. The van der Waals surface area contributed by atoms with Crippen molar-refractivity contribution in [1.29, 1.82) is 0 Å². The van der Waals surface area contributed by atoms with Crippen molar-refractivity contribution in [2.45, 2.75) is 43.4 Å². The van der Waals surface area contributed by atoms with Gasteiger partial charge in [0.15, 0.2) is 0 Å². The van der Waals surface area contributed by atoms with Gasteiger partial charge in [-0.3, -0.25) is 0 Å². The molecule has 1 aromatic carbocycles. The lowest BCUT2D eigenvalue weighted by Crippen LogP contribution is -2.58. The number of alkyl halides is 3. The molecule has 2 fully saturated rings. The van der Waals surface area contributed by atoms with E-state index in [-0.39, 0.29) is 31.8 Å². The van der Waals surface area contributed by atoms with Gasteiger partial charge in [0, 0.05) is 20.1 Å². The lowest BCUT2D eigenvalue weighted by atomic mass is 9.76. The molecule has 8 nitrogen and oxygen atoms in total. The van der Waals surface area contributed by atoms with E-state index in [0.29, 0.717) is 45.3 Å². The molecule has 1 aromatic heterocycles. The molecule has 0 bridgehead atoms. The number of aromatic nitrogens is 3. The van der Waals surface area contributed by atoms with Gasteiger partial charge in [-0.2, -0.15) is 28.6 Å². The fraction of sp³-hybridized carbons (Fsp3) is 0.500. The quantitative estimate of drug-likeness (QED) is 0.522. The van der Waals surface area contributed by atoms with Gasteiger partial charge < -0.3 is 19.3 Å². The first kappa shape index (κ1) is 22.8. The highest BCUT2D eigenvalue weighted by atomic mass is 19.4. The SMILES string of the molecule is C=CC[C@]12CN(C(=O)N3CC(OCc4ccc(C(F)(F)F)cc4F)C3)C[C@H]1OCc1n[nH]nc12.[HH]. The number of hydrogen-bond acceptors (Lipinski definition) is 5. The smallest absolute Gasteiger partial charge is 0.370 e. The van der Waals surface area contributed by atoms with Crippen LogP contribution in [0.2, 0.25) is 0 Å². The maximum Gasteiger partial charge on any atom is 0.416 e. The second kappa shape index (κ2) is 8.35. The molecule has 0 saturated carbocycles. The van der Waals surface area contributed by atoms with Crippen LogP contribution in [0.4, 0.5) is 22.4 Å². The van der Waals surface area contributed by atoms with Crippen molar-refractivity contribution >= 4 is 6.03 Å². The third-order valence-corrected chi connectivity index (χ3v) is 6.74. The van der Waals surface area contributed by atoms with E-state index in [1.54, 1.807) is 15.9 Å². The van der Waals surface area contributed by atoms with Gasteiger partial charge in [-0.05, 0) is 18.6 Å². The van der Waals surface area contributed by atoms with Crippen molar-refractivity contribution in [2.75, 3.05) is 26.2 Å². The number of carbonyl (C=O) groups is 1. The number of ether oxygens (including phenoxy) is 2. The molecular formula is C22H25F4N5O3. The summed E-state index contributed by atoms with van der Waals surface area (Å²) < 4.78 is 63.7. The van der Waals surface area contributed by atoms with Crippen LogP contribution >= 0.6 is 0 Å². The molecule has 2 atom stereocenters. The van der Waals surface area contributed by atoms with E-state index >= 15 is 0 Å². The van der Waals surface area contributed by atoms with Crippen molar-refractivity contribution in [2.24, 2.45) is 0 Å². The first-order valence-electron chi connectivity index (χ1n) is 10.8. The Morgan fingerprint density at radius 3 is 2.82 bits per heavy atom. The zero-order valence-electron chi connectivity index (χ0n) is 18.1. The number of allylic oxidation sites excluding steroid dienone is 1. The maximum absolute atomic E-state index is 14.0. The largest absolute Gasteiger partial charge is 0.416 e. The highest BCUT2D eigenvalue weighted by Crippen LogP contribution is 2.44. The molecule has 0 aliphatic carbocycles. The van der Waals surface area contributed by atoms with Crippen LogP contribution in [0.25, 0.3) is 0 Å². The van der Waals surface area contributed by atoms with Crippen LogP contribution in [-0.2, 0) is 34.3 Å². The van der Waals surface area contributed by atoms with Crippen LogP contribution < -0.4 is 0 Å². The number of benzene rings is 1. The molecule has 2 saturated heterocycles. The number of H-pyrrole nitrogens is 1. The summed E-state index contributed by atoms with van der Waals surface area (Å²) in [6, 6.07) is 2.20. The Bertz CT molecular complexity index is 1110. The average Bonchev–Trinajstić information content (AvgIpc) is 3.37. The fourth-order valence-electron chi connectivity index (χ4n) is 4.90. The lowest BCUT2D eigenvalue weighted by molar-refractivity contribution is -0.137. The second-order valence-electron chi connectivity index (χ2n) is 8.87. The predicted octanol–water partition coefficient (Wildman–Crippen LogP) is 3.26. The number of amides is 2. The Hall–Kier alpha value is -2.99. The normalized spacial score (nSPS) is 24.5. The number of hydrogen-bond donors (Lipinski definition) is 1. The second-order valence-corrected chi connectivity index (χ2v) is 8.87. The number of aromatic amines is 1. The van der Waals surface area contributed by atoms with E-state index in [2.05, 4.69) is 22.0 Å². The van der Waals surface area contributed by atoms with Crippen molar-refractivity contribution in [3.63, 3.8) is 0 Å². The first-order chi connectivity index (χ1) is 16.2. The van der Waals surface area contributed by atoms with Gasteiger partial charge in [-0.25, -0.2) is 9.18 Å². The molecule has 4 heterocycles. The summed E-state index contributed by atoms with van der Waals surface area (Å²) in [5, 5.41) is 11.1. The van der Waals surface area contributed by atoms with E-state index in [0.717, 1.165) is 23.5 Å². The number of fused-ring (bicyclic) bond motifs is 3. The molecule has 34 heavy (non-hydrogen) atoms. The summed E-state index contributed by atoms with van der Waals surface area (Å²) >= 11 is 0. The van der Waals surface area contributed by atoms with E-state index in [1.165, 1.54) is 0 Å². The number of carbonyl (C=O) groups excluding carboxylic acids is 1. The third-order valence-electron chi connectivity index (χ3n) is 6.74. The Morgan fingerprint density at radius 2 is 2.12 bits per heavy atom. The number of urea groups is 1. The molecule has 0 spiro atoms. The number of halogens is 4. The predicted molar refractivity (Wildman–Crippen MR) is 112 cm³/mol. The maximum atomic E-state index is 14.0. The molecular weight excluding hydrogens is 458 g/mol. The zero-order valence-corrected chi connectivity index (χ0v) is 18.1. The lowest BCUT2D eigenvalue weighted by Gasteiger charge is -2.41. The van der Waals surface area contributed by atoms with E-state index < -0.39 is 23.0 Å². The van der Waals surface area contributed by atoms with Gasteiger partial charge in [-0.1, -0.05) is 12.1 Å². The minimum atomic E-state index is -4.60. The third kappa shape index (κ3) is 3.84. The van der Waals surface area contributed by atoms with Crippen LogP contribution in [0.3, 0.4) is 0 Å². The van der Waals surface area contributed by atoms with Gasteiger partial charge in [-0.15, -0.1) is 6.58 Å². The van der Waals surface area contributed by atoms with Gasteiger partial charge >= 0.3 is 12.2 Å². The summed E-state index contributed by atoms with van der Waals surface area (Å²) in [6.45, 7) is 5.47. The summed E-state index contributed by atoms with van der Waals surface area (Å²) in [7, 11) is 0. The molecule has 0 unspecified atom stereocenters. The Kier molecular flexibility index (Phi) is 5.59. The summed E-state index contributed by atoms with van der Waals surface area (Å²) in [5.41, 5.74) is 0.0334. The first-order valence-corrected chi connectivity index (χ1v) is 10.8. The molecule has 2 aromatic rings. The van der Waals surface area contributed by atoms with Crippen LogP contribution in [0.5, 0.6) is 0 Å². The monoisotopic (exact) mass is 483 g/mol. The van der Waals surface area contributed by atoms with E-state index in [9.17, 15) is 22.4 Å². The van der Waals surface area contributed by atoms with Crippen LogP contribution in [0.1, 0.15) is 30.4 Å². The number of nitrogens with zero attached hydrogens (tertiary/aromatic N) is 4. The topological polar surface area (TPSA) is 83.6 Å². The molecule has 0 radical (unpaired) electrons. The van der Waals surface area contributed by atoms with Gasteiger partial charge in [0.2, 0.25) is 0 Å². The van der Waals surface area contributed by atoms with Gasteiger partial charge in [0.05, 0.1) is 55.2 Å². The Labute approximate surface area is 194 Å². The zero-order chi connectivity index (χ0) is 24.1. The van der Waals surface area contributed by atoms with Crippen molar-refractivity contribution < 1.29 is 33.3 Å². The molecule has 5 rings (SSSR count). The molecule has 184 valence electrons. The summed E-state index contributed by atoms with van der Waals surface area (Å²) in [4.78, 5) is 16.4. The average molecular weight is 483 g/mol. The van der Waals surface area contributed by atoms with E-state index in [1.807, 2.05) is 0 Å². The minimum Gasteiger partial charge on any atom is -0.370 e.